The van der Waals surface area contributed by atoms with Crippen molar-refractivity contribution in [2.24, 2.45) is 0 Å². The Morgan fingerprint density at radius 1 is 1.25 bits per heavy atom. The molecule has 1 aliphatic rings. The second-order valence-corrected chi connectivity index (χ2v) is 4.57. The predicted octanol–water partition coefficient (Wildman–Crippen LogP) is 3.58. The van der Waals surface area contributed by atoms with Gasteiger partial charge in [-0.3, -0.25) is 0 Å². The van der Waals surface area contributed by atoms with Gasteiger partial charge in [0.15, 0.2) is 0 Å². The van der Waals surface area contributed by atoms with Gasteiger partial charge in [-0.1, -0.05) is 13.0 Å². The summed E-state index contributed by atoms with van der Waals surface area (Å²) in [7, 11) is 0. The summed E-state index contributed by atoms with van der Waals surface area (Å²) in [6, 6.07) is 6.08. The summed E-state index contributed by atoms with van der Waals surface area (Å²) in [5.41, 5.74) is 1.20. The van der Waals surface area contributed by atoms with Gasteiger partial charge in [0.25, 0.3) is 0 Å². The largest absolute Gasteiger partial charge is 0.491 e. The molecule has 1 aromatic rings. The number of hydrogen-bond donors (Lipinski definition) is 0. The second-order valence-electron chi connectivity index (χ2n) is 4.57. The lowest BCUT2D eigenvalue weighted by atomic mass is 10.1. The van der Waals surface area contributed by atoms with Crippen molar-refractivity contribution >= 4 is 0 Å². The predicted molar refractivity (Wildman–Crippen MR) is 65.2 cm³/mol. The minimum Gasteiger partial charge on any atom is -0.491 e. The van der Waals surface area contributed by atoms with Gasteiger partial charge in [-0.2, -0.15) is 0 Å². The fourth-order valence-electron chi connectivity index (χ4n) is 1.73. The molecule has 0 aromatic heterocycles. The van der Waals surface area contributed by atoms with Crippen LogP contribution in [0, 0.1) is 0 Å². The SMILES string of the molecule is CCc1c(OC(C)C)cccc1OC1CC1. The standard InChI is InChI=1S/C14H20O2/c1-4-12-13(15-10(2)3)6-5-7-14(12)16-11-8-9-11/h5-7,10-11H,4,8-9H2,1-3H3. The first-order valence-corrected chi connectivity index (χ1v) is 6.16. The highest BCUT2D eigenvalue weighted by Crippen LogP contribution is 2.34. The summed E-state index contributed by atoms with van der Waals surface area (Å²) in [5.74, 6) is 1.97. The van der Waals surface area contributed by atoms with Crippen molar-refractivity contribution in [3.63, 3.8) is 0 Å². The molecule has 2 rings (SSSR count). The molecule has 0 heterocycles. The molecule has 0 saturated heterocycles. The summed E-state index contributed by atoms with van der Waals surface area (Å²) in [5, 5.41) is 0. The van der Waals surface area contributed by atoms with Crippen molar-refractivity contribution in [1.29, 1.82) is 0 Å². The van der Waals surface area contributed by atoms with Crippen LogP contribution < -0.4 is 9.47 Å². The molecule has 0 radical (unpaired) electrons. The van der Waals surface area contributed by atoms with Gasteiger partial charge in [0.1, 0.15) is 11.5 Å². The Balaban J connectivity index is 2.21. The van der Waals surface area contributed by atoms with Crippen LogP contribution in [0.5, 0.6) is 11.5 Å². The molecule has 0 N–H and O–H groups in total. The van der Waals surface area contributed by atoms with Crippen molar-refractivity contribution in [2.45, 2.75) is 52.2 Å². The topological polar surface area (TPSA) is 18.5 Å². The van der Waals surface area contributed by atoms with Crippen molar-refractivity contribution in [1.82, 2.24) is 0 Å². The van der Waals surface area contributed by atoms with Crippen molar-refractivity contribution < 1.29 is 9.47 Å². The molecule has 0 unspecified atom stereocenters. The lowest BCUT2D eigenvalue weighted by molar-refractivity contribution is 0.236. The zero-order valence-corrected chi connectivity index (χ0v) is 10.3. The van der Waals surface area contributed by atoms with E-state index in [1.54, 1.807) is 0 Å². The Labute approximate surface area is 97.6 Å². The van der Waals surface area contributed by atoms with Gasteiger partial charge in [-0.25, -0.2) is 0 Å². The third-order valence-electron chi connectivity index (χ3n) is 2.62. The average molecular weight is 220 g/mol. The van der Waals surface area contributed by atoms with E-state index in [0.29, 0.717) is 6.10 Å². The average Bonchev–Trinajstić information content (AvgIpc) is 3.01. The van der Waals surface area contributed by atoms with E-state index in [9.17, 15) is 0 Å². The molecule has 0 atom stereocenters. The third-order valence-corrected chi connectivity index (χ3v) is 2.62. The molecule has 1 aromatic carbocycles. The van der Waals surface area contributed by atoms with Crippen LogP contribution in [-0.4, -0.2) is 12.2 Å². The van der Waals surface area contributed by atoms with Crippen LogP contribution in [0.4, 0.5) is 0 Å². The van der Waals surface area contributed by atoms with Gasteiger partial charge in [-0.15, -0.1) is 0 Å². The van der Waals surface area contributed by atoms with Gasteiger partial charge >= 0.3 is 0 Å². The van der Waals surface area contributed by atoms with Crippen LogP contribution >= 0.6 is 0 Å². The minimum atomic E-state index is 0.210. The van der Waals surface area contributed by atoms with Gasteiger partial charge in [0.05, 0.1) is 12.2 Å². The van der Waals surface area contributed by atoms with E-state index < -0.39 is 0 Å². The molecule has 1 fully saturated rings. The first-order valence-electron chi connectivity index (χ1n) is 6.16. The number of benzene rings is 1. The van der Waals surface area contributed by atoms with Crippen molar-refractivity contribution in [3.8, 4) is 11.5 Å². The van der Waals surface area contributed by atoms with Crippen LogP contribution in [0.3, 0.4) is 0 Å². The van der Waals surface area contributed by atoms with E-state index in [2.05, 4.69) is 6.92 Å². The molecule has 16 heavy (non-hydrogen) atoms. The van der Waals surface area contributed by atoms with Crippen molar-refractivity contribution in [2.75, 3.05) is 0 Å². The van der Waals surface area contributed by atoms with E-state index in [1.165, 1.54) is 18.4 Å². The summed E-state index contributed by atoms with van der Waals surface area (Å²) in [4.78, 5) is 0. The zero-order valence-electron chi connectivity index (χ0n) is 10.3. The summed E-state index contributed by atoms with van der Waals surface area (Å²) in [6.45, 7) is 6.24. The summed E-state index contributed by atoms with van der Waals surface area (Å²) < 4.78 is 11.7. The molecular formula is C14H20O2. The van der Waals surface area contributed by atoms with Crippen LogP contribution in [0.25, 0.3) is 0 Å². The van der Waals surface area contributed by atoms with Crippen LogP contribution in [0.2, 0.25) is 0 Å². The Morgan fingerprint density at radius 2 is 1.94 bits per heavy atom. The first-order chi connectivity index (χ1) is 7.70. The van der Waals surface area contributed by atoms with E-state index in [4.69, 9.17) is 9.47 Å². The van der Waals surface area contributed by atoms with Crippen LogP contribution in [0.15, 0.2) is 18.2 Å². The molecule has 1 aliphatic carbocycles. The normalized spacial score (nSPS) is 15.2. The van der Waals surface area contributed by atoms with E-state index in [1.807, 2.05) is 32.0 Å². The van der Waals surface area contributed by atoms with E-state index >= 15 is 0 Å². The lowest BCUT2D eigenvalue weighted by Gasteiger charge is -2.16. The van der Waals surface area contributed by atoms with Gasteiger partial charge < -0.3 is 9.47 Å². The summed E-state index contributed by atoms with van der Waals surface area (Å²) in [6.07, 6.45) is 3.99. The monoisotopic (exact) mass is 220 g/mol. The molecule has 0 spiro atoms. The maximum atomic E-state index is 5.89. The molecule has 2 heteroatoms. The fraction of sp³-hybridized carbons (Fsp3) is 0.571. The first kappa shape index (κ1) is 11.3. The fourth-order valence-corrected chi connectivity index (χ4v) is 1.73. The highest BCUT2D eigenvalue weighted by Gasteiger charge is 2.25. The Morgan fingerprint density at radius 3 is 2.50 bits per heavy atom. The molecule has 1 saturated carbocycles. The highest BCUT2D eigenvalue weighted by molar-refractivity contribution is 5.45. The second kappa shape index (κ2) is 4.77. The van der Waals surface area contributed by atoms with Crippen LogP contribution in [0.1, 0.15) is 39.2 Å². The number of ether oxygens (including phenoxy) is 2. The zero-order chi connectivity index (χ0) is 11.5. The number of hydrogen-bond acceptors (Lipinski definition) is 2. The number of rotatable bonds is 5. The van der Waals surface area contributed by atoms with Gasteiger partial charge in [0, 0.05) is 5.56 Å². The molecular weight excluding hydrogens is 200 g/mol. The smallest absolute Gasteiger partial charge is 0.126 e. The summed E-state index contributed by atoms with van der Waals surface area (Å²) >= 11 is 0. The molecule has 0 amide bonds. The molecule has 0 bridgehead atoms. The maximum absolute atomic E-state index is 5.89. The Hall–Kier alpha value is -1.18. The van der Waals surface area contributed by atoms with Crippen LogP contribution in [-0.2, 0) is 6.42 Å². The van der Waals surface area contributed by atoms with Gasteiger partial charge in [-0.05, 0) is 45.2 Å². The molecule has 88 valence electrons. The molecule has 2 nitrogen and oxygen atoms in total. The third kappa shape index (κ3) is 2.69. The Kier molecular flexibility index (Phi) is 3.37. The van der Waals surface area contributed by atoms with Crippen molar-refractivity contribution in [3.05, 3.63) is 23.8 Å². The molecule has 0 aliphatic heterocycles. The Bertz CT molecular complexity index is 332. The quantitative estimate of drug-likeness (QED) is 0.755. The minimum absolute atomic E-state index is 0.210. The lowest BCUT2D eigenvalue weighted by Crippen LogP contribution is -2.08. The van der Waals surface area contributed by atoms with Gasteiger partial charge in [0.2, 0.25) is 0 Å². The highest BCUT2D eigenvalue weighted by atomic mass is 16.5. The van der Waals surface area contributed by atoms with E-state index in [0.717, 1.165) is 17.9 Å². The maximum Gasteiger partial charge on any atom is 0.126 e. The van der Waals surface area contributed by atoms with E-state index in [-0.39, 0.29) is 6.10 Å².